The molecule has 1 atom stereocenters. The van der Waals surface area contributed by atoms with Crippen molar-refractivity contribution in [2.45, 2.75) is 32.9 Å². The van der Waals surface area contributed by atoms with Crippen molar-refractivity contribution in [2.75, 3.05) is 0 Å². The predicted molar refractivity (Wildman–Crippen MR) is 94.3 cm³/mol. The summed E-state index contributed by atoms with van der Waals surface area (Å²) < 4.78 is 15.5. The van der Waals surface area contributed by atoms with Crippen LogP contribution in [0.3, 0.4) is 0 Å². The van der Waals surface area contributed by atoms with Crippen LogP contribution in [-0.4, -0.2) is 32.8 Å². The monoisotopic (exact) mass is 370 g/mol. The van der Waals surface area contributed by atoms with E-state index in [0.717, 1.165) is 22.9 Å². The lowest BCUT2D eigenvalue weighted by Crippen LogP contribution is -2.21. The van der Waals surface area contributed by atoms with E-state index in [1.54, 1.807) is 6.07 Å². The van der Waals surface area contributed by atoms with E-state index in [2.05, 4.69) is 6.92 Å². The molecule has 0 unspecified atom stereocenters. The zero-order chi connectivity index (χ0) is 19.1. The molecule has 0 spiro atoms. The number of aliphatic carboxylic acids is 2. The Bertz CT molecular complexity index is 784. The molecule has 0 radical (unpaired) electrons. The summed E-state index contributed by atoms with van der Waals surface area (Å²) in [5.74, 6) is -2.88. The Morgan fingerprint density at radius 1 is 1.32 bits per heavy atom. The van der Waals surface area contributed by atoms with Crippen LogP contribution in [0.4, 0.5) is 4.39 Å². The van der Waals surface area contributed by atoms with Crippen LogP contribution >= 0.6 is 11.6 Å². The van der Waals surface area contributed by atoms with Gasteiger partial charge < -0.3 is 20.5 Å². The molecule has 0 saturated carbocycles. The summed E-state index contributed by atoms with van der Waals surface area (Å²) in [5, 5.41) is 16.7. The lowest BCUT2D eigenvalue weighted by atomic mass is 10.1. The molecule has 6 nitrogen and oxygen atoms in total. The lowest BCUT2D eigenvalue weighted by Gasteiger charge is -2.08. The van der Waals surface area contributed by atoms with Crippen LogP contribution in [-0.2, 0) is 22.6 Å². The smallest absolute Gasteiger partial charge is 0.328 e. The van der Waals surface area contributed by atoms with Gasteiger partial charge in [0.15, 0.2) is 0 Å². The van der Waals surface area contributed by atoms with Gasteiger partial charge in [-0.05, 0) is 31.0 Å². The third kappa shape index (κ3) is 6.21. The number of benzene rings is 1. The van der Waals surface area contributed by atoms with Crippen LogP contribution in [0.2, 0.25) is 5.02 Å². The van der Waals surface area contributed by atoms with Crippen LogP contribution in [0.1, 0.15) is 19.4 Å². The molecule has 0 aliphatic rings. The summed E-state index contributed by atoms with van der Waals surface area (Å²) in [6, 6.07) is 3.24. The minimum atomic E-state index is -1.26. The fraction of sp³-hybridized carbons (Fsp3) is 0.294. The number of hydrogen-bond acceptors (Lipinski definition) is 3. The highest BCUT2D eigenvalue weighted by Crippen LogP contribution is 2.27. The van der Waals surface area contributed by atoms with Crippen molar-refractivity contribution in [3.8, 4) is 0 Å². The first-order valence-corrected chi connectivity index (χ1v) is 7.89. The van der Waals surface area contributed by atoms with Crippen molar-refractivity contribution in [1.29, 1.82) is 0 Å². The minimum Gasteiger partial charge on any atom is -0.478 e. The third-order valence-electron chi connectivity index (χ3n) is 3.24. The molecule has 2 aromatic rings. The van der Waals surface area contributed by atoms with Gasteiger partial charge in [0, 0.05) is 36.3 Å². The molecule has 1 aromatic carbocycles. The Balaban J connectivity index is 0.000000333. The maximum Gasteiger partial charge on any atom is 0.328 e. The van der Waals surface area contributed by atoms with Crippen molar-refractivity contribution in [3.05, 3.63) is 46.9 Å². The molecule has 0 saturated heterocycles. The highest BCUT2D eigenvalue weighted by molar-refractivity contribution is 6.31. The van der Waals surface area contributed by atoms with Gasteiger partial charge in [-0.3, -0.25) is 0 Å². The average Bonchev–Trinajstić information content (AvgIpc) is 2.83. The summed E-state index contributed by atoms with van der Waals surface area (Å²) >= 11 is 5.83. The van der Waals surface area contributed by atoms with Gasteiger partial charge in [0.05, 0.1) is 10.5 Å². The molecular weight excluding hydrogens is 351 g/mol. The average molecular weight is 371 g/mol. The summed E-state index contributed by atoms with van der Waals surface area (Å²) in [6.45, 7) is 4.71. The fourth-order valence-corrected chi connectivity index (χ4v) is 2.40. The number of nitrogens with zero attached hydrogens (tertiary/aromatic N) is 1. The van der Waals surface area contributed by atoms with Gasteiger partial charge in [-0.25, -0.2) is 14.0 Å². The molecule has 136 valence electrons. The quantitative estimate of drug-likeness (QED) is 0.701. The van der Waals surface area contributed by atoms with E-state index in [1.807, 2.05) is 17.7 Å². The molecule has 0 fully saturated rings. The second-order valence-corrected chi connectivity index (χ2v) is 5.84. The molecular formula is C17H20ClFN2O4. The standard InChI is InChI=1S/C13H16ClFN2.C4H4O4/c1-3-9-7-17(6-8(2)16)13-5-11(14)12(15)4-10(9)13;5-3(6)1-2-4(7)8/h4-5,7-8H,3,6,16H2,1-2H3;1-2H,(H,5,6)(H,7,8)/b;2-1+/t8-;/m0./s1. The van der Waals surface area contributed by atoms with Crippen molar-refractivity contribution >= 4 is 34.4 Å². The van der Waals surface area contributed by atoms with Crippen molar-refractivity contribution in [2.24, 2.45) is 5.73 Å². The molecule has 1 aromatic heterocycles. The number of fused-ring (bicyclic) bond motifs is 1. The van der Waals surface area contributed by atoms with Gasteiger partial charge in [-0.15, -0.1) is 0 Å². The highest BCUT2D eigenvalue weighted by Gasteiger charge is 2.11. The molecule has 0 aliphatic heterocycles. The van der Waals surface area contributed by atoms with Crippen LogP contribution in [0.15, 0.2) is 30.5 Å². The number of rotatable bonds is 5. The molecule has 0 aliphatic carbocycles. The fourth-order valence-electron chi connectivity index (χ4n) is 2.24. The summed E-state index contributed by atoms with van der Waals surface area (Å²) in [5.41, 5.74) is 7.88. The van der Waals surface area contributed by atoms with Gasteiger partial charge in [0.1, 0.15) is 5.82 Å². The molecule has 25 heavy (non-hydrogen) atoms. The minimum absolute atomic E-state index is 0.0548. The molecule has 1 heterocycles. The topological polar surface area (TPSA) is 106 Å². The van der Waals surface area contributed by atoms with Gasteiger partial charge in [0.25, 0.3) is 0 Å². The first-order chi connectivity index (χ1) is 11.6. The second-order valence-electron chi connectivity index (χ2n) is 5.43. The molecule has 8 heteroatoms. The van der Waals surface area contributed by atoms with Gasteiger partial charge in [-0.1, -0.05) is 18.5 Å². The zero-order valence-corrected chi connectivity index (χ0v) is 14.6. The number of carbonyl (C=O) groups is 2. The number of aromatic nitrogens is 1. The van der Waals surface area contributed by atoms with Gasteiger partial charge >= 0.3 is 11.9 Å². The largest absolute Gasteiger partial charge is 0.478 e. The Labute approximate surface area is 149 Å². The molecule has 4 N–H and O–H groups in total. The van der Waals surface area contributed by atoms with Crippen LogP contribution in [0, 0.1) is 5.82 Å². The van der Waals surface area contributed by atoms with E-state index in [-0.39, 0.29) is 16.9 Å². The summed E-state index contributed by atoms with van der Waals surface area (Å²) in [6.07, 6.45) is 4.01. The summed E-state index contributed by atoms with van der Waals surface area (Å²) in [7, 11) is 0. The Morgan fingerprint density at radius 2 is 1.88 bits per heavy atom. The first-order valence-electron chi connectivity index (χ1n) is 7.52. The second kappa shape index (κ2) is 9.19. The molecule has 2 rings (SSSR count). The maximum absolute atomic E-state index is 13.5. The number of carboxylic acids is 2. The van der Waals surface area contributed by atoms with E-state index in [9.17, 15) is 14.0 Å². The molecule has 0 amide bonds. The normalized spacial score (nSPS) is 12.0. The number of halogens is 2. The Kier molecular flexibility index (Phi) is 7.60. The first kappa shape index (κ1) is 20.7. The number of nitrogens with two attached hydrogens (primary N) is 1. The van der Waals surface area contributed by atoms with Crippen molar-refractivity contribution in [3.63, 3.8) is 0 Å². The summed E-state index contributed by atoms with van der Waals surface area (Å²) in [4.78, 5) is 19.1. The predicted octanol–water partition coefficient (Wildman–Crippen LogP) is 3.06. The molecule has 0 bridgehead atoms. The van der Waals surface area contributed by atoms with E-state index in [1.165, 1.54) is 6.07 Å². The van der Waals surface area contributed by atoms with Gasteiger partial charge in [-0.2, -0.15) is 0 Å². The number of carboxylic acid groups (broad SMARTS) is 2. The zero-order valence-electron chi connectivity index (χ0n) is 13.9. The van der Waals surface area contributed by atoms with E-state index in [0.29, 0.717) is 18.7 Å². The van der Waals surface area contributed by atoms with Crippen LogP contribution in [0.5, 0.6) is 0 Å². The number of aryl methyl sites for hydroxylation is 1. The van der Waals surface area contributed by atoms with Gasteiger partial charge in [0.2, 0.25) is 0 Å². The van der Waals surface area contributed by atoms with E-state index < -0.39 is 11.9 Å². The van der Waals surface area contributed by atoms with E-state index in [4.69, 9.17) is 27.5 Å². The third-order valence-corrected chi connectivity index (χ3v) is 3.53. The number of hydrogen-bond donors (Lipinski definition) is 3. The van der Waals surface area contributed by atoms with Crippen LogP contribution < -0.4 is 5.73 Å². The SMILES string of the molecule is CCc1cn(C[C@H](C)N)c2cc(Cl)c(F)cc12.O=C(O)/C=C/C(=O)O. The highest BCUT2D eigenvalue weighted by atomic mass is 35.5. The van der Waals surface area contributed by atoms with Crippen molar-refractivity contribution < 1.29 is 24.2 Å². The Hall–Kier alpha value is -2.38. The van der Waals surface area contributed by atoms with E-state index >= 15 is 0 Å². The lowest BCUT2D eigenvalue weighted by molar-refractivity contribution is -0.134. The Morgan fingerprint density at radius 3 is 2.32 bits per heavy atom. The van der Waals surface area contributed by atoms with Crippen molar-refractivity contribution in [1.82, 2.24) is 4.57 Å². The maximum atomic E-state index is 13.5. The van der Waals surface area contributed by atoms with Crippen LogP contribution in [0.25, 0.3) is 10.9 Å².